The van der Waals surface area contributed by atoms with Crippen molar-refractivity contribution in [2.45, 2.75) is 32.4 Å². The number of nitrogens with two attached hydrogens (primary N) is 1. The van der Waals surface area contributed by atoms with Crippen molar-refractivity contribution in [2.24, 2.45) is 26.5 Å². The number of carbonyl (C=O) groups excluding carboxylic acids is 2. The van der Waals surface area contributed by atoms with Crippen LogP contribution in [0, 0.1) is 9.81 Å². The van der Waals surface area contributed by atoms with Crippen LogP contribution in [0.3, 0.4) is 0 Å². The summed E-state index contributed by atoms with van der Waals surface area (Å²) in [7, 11) is 0. The molecule has 182 valence electrons. The Kier molecular flexibility index (Phi) is 8.88. The van der Waals surface area contributed by atoms with Crippen molar-refractivity contribution in [3.05, 3.63) is 69.0 Å². The topological polar surface area (TPSA) is 159 Å². The first-order chi connectivity index (χ1) is 17.0. The molecule has 2 amide bonds. The van der Waals surface area contributed by atoms with E-state index >= 15 is 0 Å². The number of nitrogens with zero attached hydrogens (tertiary/aromatic N) is 5. The molecule has 1 heterocycles. The minimum absolute atomic E-state index is 0.127. The van der Waals surface area contributed by atoms with Gasteiger partial charge in [0.1, 0.15) is 6.17 Å². The lowest BCUT2D eigenvalue weighted by Crippen LogP contribution is -2.35. The molecule has 35 heavy (non-hydrogen) atoms. The minimum atomic E-state index is -0.822. The molecule has 2 aromatic carbocycles. The zero-order valence-electron chi connectivity index (χ0n) is 19.4. The molecule has 0 saturated carbocycles. The van der Waals surface area contributed by atoms with Gasteiger partial charge in [0, 0.05) is 41.5 Å². The second-order valence-corrected chi connectivity index (χ2v) is 8.04. The lowest BCUT2D eigenvalue weighted by atomic mass is 10.00. The summed E-state index contributed by atoms with van der Waals surface area (Å²) in [6, 6.07) is 12.3. The number of fused-ring (bicyclic) bond motifs is 1. The summed E-state index contributed by atoms with van der Waals surface area (Å²) >= 11 is 0. The first-order valence-corrected chi connectivity index (χ1v) is 11.3. The standard InChI is InChI=1S/C24H27N7O4/c1-2-11-31(12-3-10-26-34)24(33)20-13-19-9-8-18(14-21(19)27-22(15-20)28-30-25)16-4-6-17(7-5-16)23(32)29-35/h4-9,13-14,22,27H,2-3,10-12,15H2,1H3,(H2,25,28). The fraction of sp³-hybridized carbons (Fsp3) is 0.333. The summed E-state index contributed by atoms with van der Waals surface area (Å²) in [5.74, 6) is 4.37. The van der Waals surface area contributed by atoms with Crippen LogP contribution in [-0.4, -0.2) is 42.5 Å². The van der Waals surface area contributed by atoms with E-state index in [1.807, 2.05) is 31.2 Å². The van der Waals surface area contributed by atoms with Gasteiger partial charge in [0.25, 0.3) is 0 Å². The molecule has 0 fully saturated rings. The Morgan fingerprint density at radius 1 is 1.09 bits per heavy atom. The molecule has 11 heteroatoms. The molecule has 1 unspecified atom stereocenters. The van der Waals surface area contributed by atoms with Gasteiger partial charge in [0.05, 0.1) is 6.54 Å². The van der Waals surface area contributed by atoms with Crippen molar-refractivity contribution in [1.82, 2.24) is 4.90 Å². The van der Waals surface area contributed by atoms with E-state index in [9.17, 15) is 19.4 Å². The number of hydrogen-bond acceptors (Lipinski definition) is 8. The van der Waals surface area contributed by atoms with Crippen LogP contribution in [0.4, 0.5) is 5.69 Å². The van der Waals surface area contributed by atoms with Crippen LogP contribution >= 0.6 is 0 Å². The van der Waals surface area contributed by atoms with Gasteiger partial charge in [-0.15, -0.1) is 10.0 Å². The van der Waals surface area contributed by atoms with Gasteiger partial charge in [-0.1, -0.05) is 41.6 Å². The molecular formula is C24H27N7O4. The number of rotatable bonds is 10. The van der Waals surface area contributed by atoms with Crippen molar-refractivity contribution < 1.29 is 9.59 Å². The smallest absolute Gasteiger partial charge is 0.316 e. The predicted octanol–water partition coefficient (Wildman–Crippen LogP) is 4.51. The van der Waals surface area contributed by atoms with Crippen molar-refractivity contribution in [3.8, 4) is 11.1 Å². The third-order valence-electron chi connectivity index (χ3n) is 5.61. The third-order valence-corrected chi connectivity index (χ3v) is 5.61. The quantitative estimate of drug-likeness (QED) is 0.168. The molecule has 11 nitrogen and oxygen atoms in total. The predicted molar refractivity (Wildman–Crippen MR) is 133 cm³/mol. The van der Waals surface area contributed by atoms with Gasteiger partial charge in [-0.3, -0.25) is 9.59 Å². The zero-order chi connectivity index (χ0) is 25.2. The molecule has 1 atom stereocenters. The fourth-order valence-electron chi connectivity index (χ4n) is 3.94. The highest BCUT2D eigenvalue weighted by atomic mass is 16.3. The van der Waals surface area contributed by atoms with Crippen molar-refractivity contribution in [3.63, 3.8) is 0 Å². The maximum Gasteiger partial charge on any atom is 0.316 e. The highest BCUT2D eigenvalue weighted by Crippen LogP contribution is 2.32. The highest BCUT2D eigenvalue weighted by molar-refractivity contribution is 5.99. The zero-order valence-corrected chi connectivity index (χ0v) is 19.4. The van der Waals surface area contributed by atoms with Crippen LogP contribution in [0.1, 0.15) is 42.1 Å². The van der Waals surface area contributed by atoms with Crippen LogP contribution in [0.2, 0.25) is 0 Å². The second-order valence-electron chi connectivity index (χ2n) is 8.04. The normalized spacial score (nSPS) is 14.9. The molecule has 1 aliphatic rings. The summed E-state index contributed by atoms with van der Waals surface area (Å²) < 4.78 is 0. The van der Waals surface area contributed by atoms with Crippen LogP contribution in [0.25, 0.3) is 17.2 Å². The number of nitroso groups, excluding NO2 is 2. The SMILES string of the molecule is CCCN(CCCN=O)C(=O)C1=Cc2ccc(-c3ccc(C(=O)N=O)cc3)cc2NC(N=NN)C1. The van der Waals surface area contributed by atoms with E-state index < -0.39 is 12.1 Å². The number of nitrogens with one attached hydrogen (secondary N) is 1. The Bertz CT molecular complexity index is 1150. The summed E-state index contributed by atoms with van der Waals surface area (Å²) in [5.41, 5.74) is 4.00. The first-order valence-electron chi connectivity index (χ1n) is 11.3. The molecule has 3 rings (SSSR count). The molecule has 0 bridgehead atoms. The first kappa shape index (κ1) is 25.3. The van der Waals surface area contributed by atoms with Crippen LogP contribution < -0.4 is 11.2 Å². The molecule has 3 N–H and O–H groups in total. The Hall–Kier alpha value is -4.28. The van der Waals surface area contributed by atoms with Crippen LogP contribution in [0.5, 0.6) is 0 Å². The number of carbonyl (C=O) groups is 2. The number of hydrogen-bond donors (Lipinski definition) is 2. The summed E-state index contributed by atoms with van der Waals surface area (Å²) in [4.78, 5) is 47.5. The fourth-order valence-corrected chi connectivity index (χ4v) is 3.94. The van der Waals surface area contributed by atoms with E-state index in [1.165, 1.54) is 0 Å². The summed E-state index contributed by atoms with van der Waals surface area (Å²) in [6.45, 7) is 3.15. The maximum atomic E-state index is 13.4. The third kappa shape index (κ3) is 6.40. The molecule has 0 aromatic heterocycles. The summed E-state index contributed by atoms with van der Waals surface area (Å²) in [5, 5.41) is 16.1. The number of anilines is 1. The summed E-state index contributed by atoms with van der Waals surface area (Å²) in [6.07, 6.45) is 2.85. The molecule has 1 aliphatic heterocycles. The monoisotopic (exact) mass is 477 g/mol. The van der Waals surface area contributed by atoms with Gasteiger partial charge in [-0.05, 0) is 53.8 Å². The van der Waals surface area contributed by atoms with Crippen LogP contribution in [-0.2, 0) is 4.79 Å². The van der Waals surface area contributed by atoms with Gasteiger partial charge in [-0.2, -0.15) is 4.91 Å². The van der Waals surface area contributed by atoms with Crippen molar-refractivity contribution in [2.75, 3.05) is 25.0 Å². The van der Waals surface area contributed by atoms with Crippen LogP contribution in [0.15, 0.2) is 68.7 Å². The Balaban J connectivity index is 1.94. The van der Waals surface area contributed by atoms with Crippen molar-refractivity contribution >= 4 is 23.6 Å². The number of benzene rings is 2. The highest BCUT2D eigenvalue weighted by Gasteiger charge is 2.25. The molecule has 2 aromatic rings. The lowest BCUT2D eigenvalue weighted by Gasteiger charge is -2.23. The second kappa shape index (κ2) is 12.3. The molecule has 0 saturated heterocycles. The maximum absolute atomic E-state index is 13.4. The van der Waals surface area contributed by atoms with Gasteiger partial charge in [0.15, 0.2) is 0 Å². The Labute approximate surface area is 202 Å². The van der Waals surface area contributed by atoms with Gasteiger partial charge in [0.2, 0.25) is 5.91 Å². The van der Waals surface area contributed by atoms with E-state index in [4.69, 9.17) is 5.84 Å². The van der Waals surface area contributed by atoms with E-state index in [0.29, 0.717) is 25.1 Å². The number of amides is 2. The largest absolute Gasteiger partial charge is 0.361 e. The average molecular weight is 478 g/mol. The molecule has 0 radical (unpaired) electrons. The van der Waals surface area contributed by atoms with E-state index in [1.54, 1.807) is 29.2 Å². The Morgan fingerprint density at radius 3 is 2.49 bits per heavy atom. The van der Waals surface area contributed by atoms with E-state index in [0.717, 1.165) is 28.8 Å². The minimum Gasteiger partial charge on any atom is -0.361 e. The molecule has 0 spiro atoms. The Morgan fingerprint density at radius 2 is 1.83 bits per heavy atom. The van der Waals surface area contributed by atoms with Gasteiger partial charge < -0.3 is 16.1 Å². The van der Waals surface area contributed by atoms with E-state index in [-0.39, 0.29) is 24.4 Å². The molecule has 0 aliphatic carbocycles. The van der Waals surface area contributed by atoms with Gasteiger partial charge >= 0.3 is 5.91 Å². The molecular weight excluding hydrogens is 450 g/mol. The van der Waals surface area contributed by atoms with Crippen molar-refractivity contribution in [1.29, 1.82) is 0 Å². The van der Waals surface area contributed by atoms with E-state index in [2.05, 4.69) is 26.0 Å². The van der Waals surface area contributed by atoms with Gasteiger partial charge in [-0.25, -0.2) is 0 Å². The lowest BCUT2D eigenvalue weighted by molar-refractivity contribution is -0.127. The average Bonchev–Trinajstić information content (AvgIpc) is 3.06.